The van der Waals surface area contributed by atoms with E-state index in [0.717, 1.165) is 11.4 Å². The summed E-state index contributed by atoms with van der Waals surface area (Å²) >= 11 is 0. The summed E-state index contributed by atoms with van der Waals surface area (Å²) in [6.45, 7) is 2.74. The molecule has 0 radical (unpaired) electrons. The number of furan rings is 1. The van der Waals surface area contributed by atoms with Crippen LogP contribution in [0.2, 0.25) is 0 Å². The van der Waals surface area contributed by atoms with Crippen LogP contribution in [0.1, 0.15) is 22.5 Å². The Balaban J connectivity index is 1.69. The fourth-order valence-corrected chi connectivity index (χ4v) is 3.38. The first-order valence-electron chi connectivity index (χ1n) is 9.36. The zero-order valence-electron chi connectivity index (χ0n) is 15.9. The summed E-state index contributed by atoms with van der Waals surface area (Å²) in [4.78, 5) is 25.9. The molecule has 0 bridgehead atoms. The van der Waals surface area contributed by atoms with Crippen molar-refractivity contribution in [2.45, 2.75) is 19.4 Å². The second kappa shape index (κ2) is 7.92. The van der Waals surface area contributed by atoms with Gasteiger partial charge in [0.25, 0.3) is 5.91 Å². The summed E-state index contributed by atoms with van der Waals surface area (Å²) in [5.74, 6) is 0.0549. The standard InChI is InChI=1S/C21H21N3O5/c1-14-7-8-18(29-14)20-17(13-24(22-20)15-5-3-2-4-6-15)21(27)23-9-10-28-16(12-23)11-19(25)26/h2-8,13,16H,9-12H2,1H3,(H,25,26)/t16-/m1/s1. The van der Waals surface area contributed by atoms with Crippen LogP contribution in [0.15, 0.2) is 53.1 Å². The number of hydrogen-bond acceptors (Lipinski definition) is 5. The molecule has 0 aliphatic carbocycles. The van der Waals surface area contributed by atoms with Gasteiger partial charge in [-0.15, -0.1) is 0 Å². The molecule has 8 heteroatoms. The molecule has 4 rings (SSSR count). The minimum absolute atomic E-state index is 0.142. The average molecular weight is 395 g/mol. The Morgan fingerprint density at radius 1 is 1.21 bits per heavy atom. The maximum Gasteiger partial charge on any atom is 0.306 e. The summed E-state index contributed by atoms with van der Waals surface area (Å²) in [6, 6.07) is 13.1. The molecular formula is C21H21N3O5. The molecule has 1 N–H and O–H groups in total. The SMILES string of the molecule is Cc1ccc(-c2nn(-c3ccccc3)cc2C(=O)N2CCO[C@H](CC(=O)O)C2)o1. The number of rotatable bonds is 5. The van der Waals surface area contributed by atoms with Crippen LogP contribution in [0.25, 0.3) is 17.1 Å². The lowest BCUT2D eigenvalue weighted by Crippen LogP contribution is -2.46. The maximum atomic E-state index is 13.3. The topological polar surface area (TPSA) is 97.8 Å². The van der Waals surface area contributed by atoms with Crippen molar-refractivity contribution in [1.82, 2.24) is 14.7 Å². The summed E-state index contributed by atoms with van der Waals surface area (Å²) in [6.07, 6.45) is 1.02. The Bertz CT molecular complexity index is 1020. The van der Waals surface area contributed by atoms with E-state index in [1.54, 1.807) is 21.8 Å². The Morgan fingerprint density at radius 2 is 2.00 bits per heavy atom. The van der Waals surface area contributed by atoms with E-state index in [-0.39, 0.29) is 18.9 Å². The van der Waals surface area contributed by atoms with Gasteiger partial charge in [-0.25, -0.2) is 4.68 Å². The molecule has 1 aromatic carbocycles. The molecule has 3 aromatic rings. The van der Waals surface area contributed by atoms with Gasteiger partial charge in [0.1, 0.15) is 11.5 Å². The Kier molecular flexibility index (Phi) is 5.18. The number of para-hydroxylation sites is 1. The molecule has 0 spiro atoms. The van der Waals surface area contributed by atoms with Crippen LogP contribution in [0.5, 0.6) is 0 Å². The van der Waals surface area contributed by atoms with Crippen molar-refractivity contribution in [1.29, 1.82) is 0 Å². The van der Waals surface area contributed by atoms with Gasteiger partial charge in [0.2, 0.25) is 0 Å². The van der Waals surface area contributed by atoms with Gasteiger partial charge < -0.3 is 19.2 Å². The highest BCUT2D eigenvalue weighted by atomic mass is 16.5. The van der Waals surface area contributed by atoms with Gasteiger partial charge in [0, 0.05) is 19.3 Å². The molecule has 1 aliphatic heterocycles. The van der Waals surface area contributed by atoms with Crippen molar-refractivity contribution >= 4 is 11.9 Å². The first-order chi connectivity index (χ1) is 14.0. The smallest absolute Gasteiger partial charge is 0.306 e. The van der Waals surface area contributed by atoms with Gasteiger partial charge in [-0.1, -0.05) is 18.2 Å². The van der Waals surface area contributed by atoms with Crippen molar-refractivity contribution in [3.8, 4) is 17.1 Å². The second-order valence-electron chi connectivity index (χ2n) is 6.92. The zero-order chi connectivity index (χ0) is 20.4. The number of nitrogens with zero attached hydrogens (tertiary/aromatic N) is 3. The lowest BCUT2D eigenvalue weighted by Gasteiger charge is -2.32. The predicted molar refractivity (Wildman–Crippen MR) is 104 cm³/mol. The van der Waals surface area contributed by atoms with Crippen molar-refractivity contribution in [3.63, 3.8) is 0 Å². The number of carbonyl (C=O) groups excluding carboxylic acids is 1. The number of carbonyl (C=O) groups is 2. The quantitative estimate of drug-likeness (QED) is 0.713. The Morgan fingerprint density at radius 3 is 2.69 bits per heavy atom. The lowest BCUT2D eigenvalue weighted by molar-refractivity contribution is -0.141. The van der Waals surface area contributed by atoms with Crippen LogP contribution in [-0.2, 0) is 9.53 Å². The second-order valence-corrected chi connectivity index (χ2v) is 6.92. The number of carboxylic acids is 1. The summed E-state index contributed by atoms with van der Waals surface area (Å²) in [5.41, 5.74) is 1.68. The molecule has 1 amide bonds. The third-order valence-corrected chi connectivity index (χ3v) is 4.77. The van der Waals surface area contributed by atoms with E-state index in [1.807, 2.05) is 43.3 Å². The highest BCUT2D eigenvalue weighted by Gasteiger charge is 2.30. The number of aryl methyl sites for hydroxylation is 1. The highest BCUT2D eigenvalue weighted by molar-refractivity contribution is 5.99. The van der Waals surface area contributed by atoms with Gasteiger partial charge in [-0.05, 0) is 31.2 Å². The lowest BCUT2D eigenvalue weighted by atomic mass is 10.1. The fourth-order valence-electron chi connectivity index (χ4n) is 3.38. The van der Waals surface area contributed by atoms with Crippen molar-refractivity contribution in [2.75, 3.05) is 19.7 Å². The van der Waals surface area contributed by atoms with Crippen LogP contribution in [0.4, 0.5) is 0 Å². The monoisotopic (exact) mass is 395 g/mol. The first kappa shape index (κ1) is 18.9. The molecule has 1 aliphatic rings. The highest BCUT2D eigenvalue weighted by Crippen LogP contribution is 2.27. The average Bonchev–Trinajstić information content (AvgIpc) is 3.34. The van der Waals surface area contributed by atoms with Gasteiger partial charge in [-0.2, -0.15) is 5.10 Å². The van der Waals surface area contributed by atoms with E-state index in [4.69, 9.17) is 14.3 Å². The number of aliphatic carboxylic acids is 1. The number of morpholine rings is 1. The van der Waals surface area contributed by atoms with Crippen molar-refractivity contribution < 1.29 is 23.8 Å². The van der Waals surface area contributed by atoms with E-state index < -0.39 is 12.1 Å². The molecule has 0 saturated carbocycles. The molecule has 1 saturated heterocycles. The van der Waals surface area contributed by atoms with Gasteiger partial charge in [0.05, 0.1) is 30.4 Å². The maximum absolute atomic E-state index is 13.3. The van der Waals surface area contributed by atoms with E-state index in [9.17, 15) is 9.59 Å². The normalized spacial score (nSPS) is 16.7. The number of aromatic nitrogens is 2. The van der Waals surface area contributed by atoms with Crippen molar-refractivity contribution in [3.05, 3.63) is 60.0 Å². The van der Waals surface area contributed by atoms with E-state index in [1.165, 1.54) is 0 Å². The Hall–Kier alpha value is -3.39. The summed E-state index contributed by atoms with van der Waals surface area (Å²) in [5, 5.41) is 13.6. The van der Waals surface area contributed by atoms with E-state index in [2.05, 4.69) is 5.10 Å². The number of carboxylic acid groups (broad SMARTS) is 1. The molecule has 29 heavy (non-hydrogen) atoms. The predicted octanol–water partition coefficient (Wildman–Crippen LogP) is 2.76. The third kappa shape index (κ3) is 4.07. The van der Waals surface area contributed by atoms with Crippen LogP contribution < -0.4 is 0 Å². The summed E-state index contributed by atoms with van der Waals surface area (Å²) in [7, 11) is 0. The minimum Gasteiger partial charge on any atom is -0.481 e. The molecule has 3 heterocycles. The summed E-state index contributed by atoms with van der Waals surface area (Å²) < 4.78 is 12.9. The molecule has 150 valence electrons. The minimum atomic E-state index is -0.951. The van der Waals surface area contributed by atoms with Crippen molar-refractivity contribution in [2.24, 2.45) is 0 Å². The first-order valence-corrected chi connectivity index (χ1v) is 9.36. The van der Waals surface area contributed by atoms with Crippen LogP contribution in [0.3, 0.4) is 0 Å². The number of benzene rings is 1. The number of hydrogen-bond donors (Lipinski definition) is 1. The molecule has 8 nitrogen and oxygen atoms in total. The van der Waals surface area contributed by atoms with Gasteiger partial charge >= 0.3 is 5.97 Å². The molecular weight excluding hydrogens is 374 g/mol. The number of ether oxygens (including phenoxy) is 1. The molecule has 0 unspecified atom stereocenters. The van der Waals surface area contributed by atoms with Crippen LogP contribution in [0, 0.1) is 6.92 Å². The zero-order valence-corrected chi connectivity index (χ0v) is 15.9. The van der Waals surface area contributed by atoms with Gasteiger partial charge in [-0.3, -0.25) is 9.59 Å². The number of amides is 1. The van der Waals surface area contributed by atoms with Gasteiger partial charge in [0.15, 0.2) is 5.76 Å². The van der Waals surface area contributed by atoms with E-state index in [0.29, 0.717) is 30.2 Å². The Labute approximate surface area is 167 Å². The fraction of sp³-hybridized carbons (Fsp3) is 0.286. The van der Waals surface area contributed by atoms with Crippen LogP contribution >= 0.6 is 0 Å². The van der Waals surface area contributed by atoms with E-state index >= 15 is 0 Å². The molecule has 1 atom stereocenters. The molecule has 1 fully saturated rings. The largest absolute Gasteiger partial charge is 0.481 e. The van der Waals surface area contributed by atoms with Crippen LogP contribution in [-0.4, -0.2) is 57.5 Å². The third-order valence-electron chi connectivity index (χ3n) is 4.77. The molecule has 2 aromatic heterocycles.